The first kappa shape index (κ1) is 19.5. The van der Waals surface area contributed by atoms with E-state index >= 15 is 0 Å². The standard InChI is InChI=1S/C19H27N3O3.ClH/c1-24-19(13-5-7-21-17(9-13)18(20)23)14-3-2-4-15(19)11-22(10-14)16-6-8-25-12-16;/h5,7,9,14-16H,2-4,6,8,10-12H2,1H3,(H2,20,23);1H/t14-,15+,16?,19-;. The normalized spacial score (nSPS) is 34.3. The van der Waals surface area contributed by atoms with Gasteiger partial charge in [0.05, 0.1) is 6.61 Å². The van der Waals surface area contributed by atoms with Gasteiger partial charge in [-0.05, 0) is 37.0 Å². The van der Waals surface area contributed by atoms with Crippen LogP contribution in [0.3, 0.4) is 0 Å². The van der Waals surface area contributed by atoms with Crippen molar-refractivity contribution >= 4 is 18.3 Å². The zero-order valence-corrected chi connectivity index (χ0v) is 16.0. The van der Waals surface area contributed by atoms with Crippen molar-refractivity contribution in [2.24, 2.45) is 17.6 Å². The van der Waals surface area contributed by atoms with E-state index in [-0.39, 0.29) is 18.0 Å². The van der Waals surface area contributed by atoms with E-state index in [1.165, 1.54) is 6.42 Å². The maximum atomic E-state index is 11.6. The molecule has 1 amide bonds. The molecule has 6 nitrogen and oxygen atoms in total. The molecule has 26 heavy (non-hydrogen) atoms. The molecule has 3 fully saturated rings. The number of rotatable bonds is 4. The van der Waals surface area contributed by atoms with E-state index in [0.717, 1.165) is 51.1 Å². The van der Waals surface area contributed by atoms with Crippen LogP contribution in [-0.4, -0.2) is 55.2 Å². The van der Waals surface area contributed by atoms with E-state index in [0.29, 0.717) is 23.6 Å². The maximum absolute atomic E-state index is 11.6. The molecular formula is C19H28ClN3O3. The molecule has 1 aromatic heterocycles. The number of amides is 1. The summed E-state index contributed by atoms with van der Waals surface area (Å²) >= 11 is 0. The molecule has 0 radical (unpaired) electrons. The molecule has 0 aromatic carbocycles. The third-order valence-electron chi connectivity index (χ3n) is 6.45. The van der Waals surface area contributed by atoms with Crippen LogP contribution in [0.2, 0.25) is 0 Å². The van der Waals surface area contributed by atoms with Gasteiger partial charge >= 0.3 is 0 Å². The van der Waals surface area contributed by atoms with E-state index in [1.54, 1.807) is 6.20 Å². The van der Waals surface area contributed by atoms with Gasteiger partial charge in [0.25, 0.3) is 5.91 Å². The third kappa shape index (κ3) is 3.13. The molecule has 1 aliphatic carbocycles. The Bertz CT molecular complexity index is 637. The number of carbonyl (C=O) groups is 1. The van der Waals surface area contributed by atoms with Gasteiger partial charge in [-0.25, -0.2) is 0 Å². The number of pyridine rings is 1. The van der Waals surface area contributed by atoms with Gasteiger partial charge in [-0.1, -0.05) is 6.42 Å². The number of hydrogen-bond donors (Lipinski definition) is 1. The molecule has 2 saturated heterocycles. The second-order valence-electron chi connectivity index (χ2n) is 7.59. The summed E-state index contributed by atoms with van der Waals surface area (Å²) in [7, 11) is 1.81. The highest BCUT2D eigenvalue weighted by molar-refractivity contribution is 5.90. The maximum Gasteiger partial charge on any atom is 0.267 e. The number of ether oxygens (including phenoxy) is 2. The summed E-state index contributed by atoms with van der Waals surface area (Å²) in [5, 5.41) is 0. The van der Waals surface area contributed by atoms with E-state index in [9.17, 15) is 4.79 Å². The van der Waals surface area contributed by atoms with Gasteiger partial charge in [-0.3, -0.25) is 14.7 Å². The van der Waals surface area contributed by atoms with Crippen LogP contribution in [0.15, 0.2) is 18.3 Å². The average Bonchev–Trinajstić information content (AvgIpc) is 3.15. The van der Waals surface area contributed by atoms with Gasteiger partial charge in [-0.15, -0.1) is 12.4 Å². The first-order valence-corrected chi connectivity index (χ1v) is 9.28. The molecule has 2 N–H and O–H groups in total. The number of carbonyl (C=O) groups excluding carboxylic acids is 1. The minimum Gasteiger partial charge on any atom is -0.380 e. The smallest absolute Gasteiger partial charge is 0.267 e. The fourth-order valence-corrected chi connectivity index (χ4v) is 5.31. The molecule has 3 aliphatic rings. The van der Waals surface area contributed by atoms with Gasteiger partial charge in [0.1, 0.15) is 11.3 Å². The lowest BCUT2D eigenvalue weighted by Crippen LogP contribution is -2.61. The van der Waals surface area contributed by atoms with Gasteiger partial charge in [-0.2, -0.15) is 0 Å². The Morgan fingerprint density at radius 2 is 2.08 bits per heavy atom. The number of halogens is 1. The molecule has 7 heteroatoms. The van der Waals surface area contributed by atoms with Gasteiger partial charge < -0.3 is 15.2 Å². The Kier molecular flexibility index (Phi) is 5.87. The lowest BCUT2D eigenvalue weighted by Gasteiger charge is -2.56. The van der Waals surface area contributed by atoms with Gasteiger partial charge in [0.2, 0.25) is 0 Å². The Morgan fingerprint density at radius 3 is 2.65 bits per heavy atom. The number of methoxy groups -OCH3 is 1. The molecule has 0 spiro atoms. The lowest BCUT2D eigenvalue weighted by atomic mass is 9.62. The van der Waals surface area contributed by atoms with Crippen molar-refractivity contribution in [1.82, 2.24) is 9.88 Å². The second kappa shape index (κ2) is 7.80. The number of fused-ring (bicyclic) bond motifs is 2. The van der Waals surface area contributed by atoms with Crippen molar-refractivity contribution in [2.45, 2.75) is 37.3 Å². The van der Waals surface area contributed by atoms with Crippen LogP contribution in [0.25, 0.3) is 0 Å². The molecule has 3 heterocycles. The van der Waals surface area contributed by atoms with Crippen molar-refractivity contribution in [2.75, 3.05) is 33.4 Å². The van der Waals surface area contributed by atoms with Crippen LogP contribution in [-0.2, 0) is 15.1 Å². The molecule has 2 aliphatic heterocycles. The van der Waals surface area contributed by atoms with Gasteiger partial charge in [0.15, 0.2) is 0 Å². The first-order chi connectivity index (χ1) is 12.1. The minimum absolute atomic E-state index is 0. The Morgan fingerprint density at radius 1 is 1.35 bits per heavy atom. The Hall–Kier alpha value is -1.21. The Labute approximate surface area is 160 Å². The SMILES string of the molecule is CO[C@]1(c2ccnc(C(N)=O)c2)[C@@H]2CCC[C@H]1CN(C1CCOC1)C2.Cl. The second-order valence-corrected chi connectivity index (χ2v) is 7.59. The van der Waals surface area contributed by atoms with Crippen molar-refractivity contribution < 1.29 is 14.3 Å². The first-order valence-electron chi connectivity index (χ1n) is 9.28. The van der Waals surface area contributed by atoms with E-state index in [2.05, 4.69) is 9.88 Å². The zero-order valence-electron chi connectivity index (χ0n) is 15.2. The number of aromatic nitrogens is 1. The molecule has 144 valence electrons. The number of nitrogens with zero attached hydrogens (tertiary/aromatic N) is 2. The zero-order chi connectivity index (χ0) is 17.4. The predicted octanol–water partition coefficient (Wildman–Crippen LogP) is 1.96. The minimum atomic E-state index is -0.487. The molecule has 1 unspecified atom stereocenters. The topological polar surface area (TPSA) is 77.7 Å². The van der Waals surface area contributed by atoms with E-state index in [4.69, 9.17) is 15.2 Å². The number of piperidine rings is 1. The molecule has 4 atom stereocenters. The highest BCUT2D eigenvalue weighted by Gasteiger charge is 2.54. The van der Waals surface area contributed by atoms with Crippen molar-refractivity contribution in [3.05, 3.63) is 29.6 Å². The predicted molar refractivity (Wildman–Crippen MR) is 100 cm³/mol. The van der Waals surface area contributed by atoms with Gasteiger partial charge in [0, 0.05) is 50.9 Å². The summed E-state index contributed by atoms with van der Waals surface area (Å²) in [6.07, 6.45) is 6.33. The summed E-state index contributed by atoms with van der Waals surface area (Å²) in [6.45, 7) is 3.76. The number of likely N-dealkylation sites (tertiary alicyclic amines) is 1. The average molecular weight is 382 g/mol. The van der Waals surface area contributed by atoms with Crippen LogP contribution < -0.4 is 5.73 Å². The number of primary amides is 1. The fourth-order valence-electron chi connectivity index (χ4n) is 5.31. The number of hydrogen-bond acceptors (Lipinski definition) is 5. The summed E-state index contributed by atoms with van der Waals surface area (Å²) < 4.78 is 11.8. The van der Waals surface area contributed by atoms with Crippen LogP contribution in [0, 0.1) is 11.8 Å². The summed E-state index contributed by atoms with van der Waals surface area (Å²) in [5.74, 6) is 0.334. The van der Waals surface area contributed by atoms with Crippen molar-refractivity contribution in [1.29, 1.82) is 0 Å². The molecular weight excluding hydrogens is 354 g/mol. The molecule has 4 rings (SSSR count). The van der Waals surface area contributed by atoms with Crippen LogP contribution in [0.1, 0.15) is 41.7 Å². The van der Waals surface area contributed by atoms with E-state index in [1.807, 2.05) is 19.2 Å². The lowest BCUT2D eigenvalue weighted by molar-refractivity contribution is -0.174. The highest BCUT2D eigenvalue weighted by atomic mass is 35.5. The highest BCUT2D eigenvalue weighted by Crippen LogP contribution is 2.52. The molecule has 1 aromatic rings. The number of nitrogens with two attached hydrogens (primary N) is 1. The molecule has 1 saturated carbocycles. The summed E-state index contributed by atoms with van der Waals surface area (Å²) in [5.41, 5.74) is 6.48. The summed E-state index contributed by atoms with van der Waals surface area (Å²) in [6, 6.07) is 4.37. The Balaban J connectivity index is 0.00000196. The third-order valence-corrected chi connectivity index (χ3v) is 6.45. The summed E-state index contributed by atoms with van der Waals surface area (Å²) in [4.78, 5) is 18.3. The van der Waals surface area contributed by atoms with E-state index < -0.39 is 5.91 Å². The molecule has 2 bridgehead atoms. The van der Waals surface area contributed by atoms with Crippen LogP contribution >= 0.6 is 12.4 Å². The fraction of sp³-hybridized carbons (Fsp3) is 0.684. The van der Waals surface area contributed by atoms with Crippen molar-refractivity contribution in [3.8, 4) is 0 Å². The largest absolute Gasteiger partial charge is 0.380 e. The quantitative estimate of drug-likeness (QED) is 0.862. The van der Waals surface area contributed by atoms with Crippen LogP contribution in [0.4, 0.5) is 0 Å². The monoisotopic (exact) mass is 381 g/mol. The van der Waals surface area contributed by atoms with Crippen molar-refractivity contribution in [3.63, 3.8) is 0 Å². The van der Waals surface area contributed by atoms with Crippen LogP contribution in [0.5, 0.6) is 0 Å².